The van der Waals surface area contributed by atoms with Crippen LogP contribution in [-0.2, 0) is 15.0 Å². The molecule has 6 nitrogen and oxygen atoms in total. The van der Waals surface area contributed by atoms with E-state index in [2.05, 4.69) is 5.32 Å². The summed E-state index contributed by atoms with van der Waals surface area (Å²) in [6.07, 6.45) is -0.0289. The first-order chi connectivity index (χ1) is 9.28. The number of carboxylic acids is 1. The van der Waals surface area contributed by atoms with Crippen molar-refractivity contribution in [1.82, 2.24) is 5.32 Å². The van der Waals surface area contributed by atoms with Gasteiger partial charge in [-0.25, -0.2) is 4.79 Å². The van der Waals surface area contributed by atoms with Crippen LogP contribution in [0, 0.1) is 0 Å². The fourth-order valence-electron chi connectivity index (χ4n) is 1.76. The maximum Gasteiger partial charge on any atom is 0.326 e. The van der Waals surface area contributed by atoms with Crippen molar-refractivity contribution in [1.29, 1.82) is 0 Å². The Bertz CT molecular complexity index is 482. The summed E-state index contributed by atoms with van der Waals surface area (Å²) in [4.78, 5) is 23.2. The number of aliphatic hydroxyl groups excluding tert-OH is 1. The molecule has 0 saturated carbocycles. The maximum atomic E-state index is 12.3. The third-order valence-corrected chi connectivity index (χ3v) is 3.22. The fourth-order valence-corrected chi connectivity index (χ4v) is 1.76. The molecule has 5 N–H and O–H groups in total. The number of carbonyl (C=O) groups is 2. The van der Waals surface area contributed by atoms with Crippen LogP contribution < -0.4 is 11.1 Å². The molecule has 1 rings (SSSR count). The Morgan fingerprint density at radius 1 is 1.30 bits per heavy atom. The zero-order chi connectivity index (χ0) is 15.3. The van der Waals surface area contributed by atoms with E-state index in [1.54, 1.807) is 38.1 Å². The Labute approximate surface area is 117 Å². The lowest BCUT2D eigenvalue weighted by Crippen LogP contribution is -2.48. The van der Waals surface area contributed by atoms with Crippen molar-refractivity contribution in [2.45, 2.75) is 31.7 Å². The molecule has 0 aliphatic rings. The van der Waals surface area contributed by atoms with Gasteiger partial charge in [0.2, 0.25) is 5.91 Å². The van der Waals surface area contributed by atoms with E-state index in [1.807, 2.05) is 0 Å². The number of carbonyl (C=O) groups excluding carboxylic acids is 1. The Morgan fingerprint density at radius 2 is 1.85 bits per heavy atom. The van der Waals surface area contributed by atoms with Gasteiger partial charge < -0.3 is 21.3 Å². The number of rotatable bonds is 6. The average Bonchev–Trinajstić information content (AvgIpc) is 2.38. The molecule has 1 aromatic rings. The van der Waals surface area contributed by atoms with Gasteiger partial charge in [-0.2, -0.15) is 0 Å². The van der Waals surface area contributed by atoms with E-state index in [9.17, 15) is 9.59 Å². The van der Waals surface area contributed by atoms with Crippen molar-refractivity contribution in [3.63, 3.8) is 0 Å². The van der Waals surface area contributed by atoms with E-state index in [0.29, 0.717) is 5.69 Å². The molecule has 0 saturated heterocycles. The van der Waals surface area contributed by atoms with Crippen LogP contribution in [0.25, 0.3) is 0 Å². The first kappa shape index (κ1) is 16.0. The minimum atomic E-state index is -1.17. The van der Waals surface area contributed by atoms with E-state index in [0.717, 1.165) is 5.56 Å². The Balaban J connectivity index is 2.88. The number of benzene rings is 1. The largest absolute Gasteiger partial charge is 0.480 e. The number of amides is 1. The lowest BCUT2D eigenvalue weighted by molar-refractivity contribution is -0.143. The molecule has 0 radical (unpaired) electrons. The first-order valence-corrected chi connectivity index (χ1v) is 6.29. The summed E-state index contributed by atoms with van der Waals surface area (Å²) in [5, 5.41) is 20.2. The normalized spacial score (nSPS) is 12.8. The van der Waals surface area contributed by atoms with Gasteiger partial charge in [0.1, 0.15) is 6.04 Å². The van der Waals surface area contributed by atoms with Gasteiger partial charge in [-0.3, -0.25) is 4.79 Å². The summed E-state index contributed by atoms with van der Waals surface area (Å²) in [6, 6.07) is 5.74. The smallest absolute Gasteiger partial charge is 0.326 e. The lowest BCUT2D eigenvalue weighted by Gasteiger charge is -2.26. The quantitative estimate of drug-likeness (QED) is 0.567. The summed E-state index contributed by atoms with van der Waals surface area (Å²) in [5.41, 5.74) is 6.03. The number of hydrogen-bond acceptors (Lipinski definition) is 4. The number of aliphatic hydroxyl groups is 1. The van der Waals surface area contributed by atoms with Gasteiger partial charge in [0.05, 0.1) is 5.41 Å². The minimum absolute atomic E-state index is 0.0289. The van der Waals surface area contributed by atoms with Crippen LogP contribution in [0.4, 0.5) is 5.69 Å². The molecular weight excluding hydrogens is 260 g/mol. The number of carboxylic acid groups (broad SMARTS) is 1. The molecular formula is C14H20N2O4. The van der Waals surface area contributed by atoms with Crippen LogP contribution in [0.1, 0.15) is 25.8 Å². The topological polar surface area (TPSA) is 113 Å². The third-order valence-electron chi connectivity index (χ3n) is 3.22. The van der Waals surface area contributed by atoms with Gasteiger partial charge in [0, 0.05) is 18.7 Å². The van der Waals surface area contributed by atoms with Crippen LogP contribution in [0.3, 0.4) is 0 Å². The molecule has 6 heteroatoms. The molecule has 0 unspecified atom stereocenters. The van der Waals surface area contributed by atoms with Crippen molar-refractivity contribution in [3.05, 3.63) is 29.8 Å². The maximum absolute atomic E-state index is 12.3. The number of hydrogen-bond donors (Lipinski definition) is 4. The van der Waals surface area contributed by atoms with Crippen molar-refractivity contribution < 1.29 is 19.8 Å². The molecule has 20 heavy (non-hydrogen) atoms. The van der Waals surface area contributed by atoms with Gasteiger partial charge in [-0.1, -0.05) is 12.1 Å². The third kappa shape index (κ3) is 3.71. The second kappa shape index (κ2) is 6.38. The molecule has 1 aromatic carbocycles. The highest BCUT2D eigenvalue weighted by molar-refractivity contribution is 5.90. The second-order valence-corrected chi connectivity index (χ2v) is 5.12. The second-order valence-electron chi connectivity index (χ2n) is 5.12. The van der Waals surface area contributed by atoms with Crippen LogP contribution in [-0.4, -0.2) is 34.7 Å². The highest BCUT2D eigenvalue weighted by atomic mass is 16.4. The van der Waals surface area contributed by atoms with Gasteiger partial charge in [0.25, 0.3) is 0 Å². The van der Waals surface area contributed by atoms with Gasteiger partial charge in [-0.05, 0) is 31.5 Å². The monoisotopic (exact) mass is 280 g/mol. The van der Waals surface area contributed by atoms with Gasteiger partial charge in [0.15, 0.2) is 0 Å². The molecule has 0 aliphatic carbocycles. The summed E-state index contributed by atoms with van der Waals surface area (Å²) >= 11 is 0. The summed E-state index contributed by atoms with van der Waals surface area (Å²) in [5.74, 6) is -1.58. The fraction of sp³-hybridized carbons (Fsp3) is 0.429. The number of aliphatic carboxylic acids is 1. The molecule has 0 spiro atoms. The SMILES string of the molecule is CC(C)(C(=O)N[C@@H](CCO)C(=O)O)c1ccc(N)cc1. The molecule has 1 atom stereocenters. The molecule has 0 aliphatic heterocycles. The predicted octanol–water partition coefficient (Wildman–Crippen LogP) is 0.498. The van der Waals surface area contributed by atoms with Crippen molar-refractivity contribution in [2.24, 2.45) is 0 Å². The molecule has 110 valence electrons. The standard InChI is InChI=1S/C14H20N2O4/c1-14(2,9-3-5-10(15)6-4-9)13(20)16-11(7-8-17)12(18)19/h3-6,11,17H,7-8,15H2,1-2H3,(H,16,20)(H,18,19)/t11-/m0/s1. The first-order valence-electron chi connectivity index (χ1n) is 6.29. The van der Waals surface area contributed by atoms with E-state index < -0.39 is 23.3 Å². The summed E-state index contributed by atoms with van der Waals surface area (Å²) in [7, 11) is 0. The van der Waals surface area contributed by atoms with Crippen LogP contribution in [0.2, 0.25) is 0 Å². The predicted molar refractivity (Wildman–Crippen MR) is 75.1 cm³/mol. The number of anilines is 1. The number of nitrogens with two attached hydrogens (primary N) is 1. The zero-order valence-corrected chi connectivity index (χ0v) is 11.6. The van der Waals surface area contributed by atoms with Gasteiger partial charge in [-0.15, -0.1) is 0 Å². The van der Waals surface area contributed by atoms with Crippen molar-refractivity contribution in [2.75, 3.05) is 12.3 Å². The van der Waals surface area contributed by atoms with E-state index in [1.165, 1.54) is 0 Å². The molecule has 0 heterocycles. The number of nitrogen functional groups attached to an aromatic ring is 1. The molecule has 0 aromatic heterocycles. The molecule has 0 fully saturated rings. The van der Waals surface area contributed by atoms with Gasteiger partial charge >= 0.3 is 5.97 Å². The summed E-state index contributed by atoms with van der Waals surface area (Å²) in [6.45, 7) is 3.09. The van der Waals surface area contributed by atoms with Crippen molar-refractivity contribution in [3.8, 4) is 0 Å². The highest BCUT2D eigenvalue weighted by Crippen LogP contribution is 2.24. The Hall–Kier alpha value is -2.08. The minimum Gasteiger partial charge on any atom is -0.480 e. The summed E-state index contributed by atoms with van der Waals surface area (Å²) < 4.78 is 0. The zero-order valence-electron chi connectivity index (χ0n) is 11.6. The van der Waals surface area contributed by atoms with E-state index in [-0.39, 0.29) is 13.0 Å². The van der Waals surface area contributed by atoms with Crippen LogP contribution in [0.15, 0.2) is 24.3 Å². The van der Waals surface area contributed by atoms with Crippen molar-refractivity contribution >= 4 is 17.6 Å². The molecule has 1 amide bonds. The molecule has 0 bridgehead atoms. The lowest BCUT2D eigenvalue weighted by atomic mass is 9.83. The number of nitrogens with one attached hydrogen (secondary N) is 1. The Kier molecular flexibility index (Phi) is 5.10. The van der Waals surface area contributed by atoms with Crippen LogP contribution in [0.5, 0.6) is 0 Å². The van der Waals surface area contributed by atoms with E-state index in [4.69, 9.17) is 15.9 Å². The van der Waals surface area contributed by atoms with Crippen LogP contribution >= 0.6 is 0 Å². The Morgan fingerprint density at radius 3 is 2.30 bits per heavy atom. The van der Waals surface area contributed by atoms with E-state index >= 15 is 0 Å². The highest BCUT2D eigenvalue weighted by Gasteiger charge is 2.32. The average molecular weight is 280 g/mol.